The molecule has 0 saturated carbocycles. The van der Waals surface area contributed by atoms with Gasteiger partial charge in [0.2, 0.25) is 5.91 Å². The van der Waals surface area contributed by atoms with Gasteiger partial charge in [-0.25, -0.2) is 0 Å². The summed E-state index contributed by atoms with van der Waals surface area (Å²) in [6, 6.07) is 22.1. The SMILES string of the molecule is CCCCN(CC)C(=O)[C@H]1c2ccccc2C(=O)N(c2ccc(OC)cc2)[C@H]1c1ccc(OC)cc1. The van der Waals surface area contributed by atoms with Crippen molar-refractivity contribution in [3.63, 3.8) is 0 Å². The first kappa shape index (κ1) is 25.3. The van der Waals surface area contributed by atoms with E-state index < -0.39 is 12.0 Å². The summed E-state index contributed by atoms with van der Waals surface area (Å²) in [5, 5.41) is 0. The van der Waals surface area contributed by atoms with Gasteiger partial charge in [0.25, 0.3) is 5.91 Å². The number of rotatable bonds is 9. The minimum absolute atomic E-state index is 0.0326. The Bertz CT molecular complexity index is 1190. The van der Waals surface area contributed by atoms with Crippen LogP contribution in [0.25, 0.3) is 0 Å². The highest BCUT2D eigenvalue weighted by Crippen LogP contribution is 2.46. The first-order chi connectivity index (χ1) is 17.5. The van der Waals surface area contributed by atoms with Crippen LogP contribution in [-0.2, 0) is 4.79 Å². The van der Waals surface area contributed by atoms with Gasteiger partial charge in [0.1, 0.15) is 11.5 Å². The quantitative estimate of drug-likeness (QED) is 0.381. The van der Waals surface area contributed by atoms with Gasteiger partial charge in [-0.05, 0) is 66.9 Å². The number of nitrogens with zero attached hydrogens (tertiary/aromatic N) is 2. The summed E-state index contributed by atoms with van der Waals surface area (Å²) >= 11 is 0. The van der Waals surface area contributed by atoms with Gasteiger partial charge in [0.05, 0.1) is 26.2 Å². The van der Waals surface area contributed by atoms with Crippen molar-refractivity contribution in [2.24, 2.45) is 0 Å². The number of methoxy groups -OCH3 is 2. The summed E-state index contributed by atoms with van der Waals surface area (Å²) in [5.41, 5.74) is 2.92. The number of ether oxygens (including phenoxy) is 2. The molecule has 0 radical (unpaired) electrons. The molecule has 1 aliphatic heterocycles. The van der Waals surface area contributed by atoms with Crippen molar-refractivity contribution >= 4 is 17.5 Å². The largest absolute Gasteiger partial charge is 0.497 e. The number of unbranched alkanes of at least 4 members (excludes halogenated alkanes) is 1. The van der Waals surface area contributed by atoms with Crippen LogP contribution in [0.5, 0.6) is 11.5 Å². The van der Waals surface area contributed by atoms with Crippen molar-refractivity contribution in [1.82, 2.24) is 4.90 Å². The molecule has 0 bridgehead atoms. The van der Waals surface area contributed by atoms with E-state index in [1.165, 1.54) is 0 Å². The fourth-order valence-corrected chi connectivity index (χ4v) is 4.94. The molecule has 1 aliphatic rings. The molecule has 3 aromatic carbocycles. The first-order valence-electron chi connectivity index (χ1n) is 12.5. The van der Waals surface area contributed by atoms with E-state index in [0.29, 0.717) is 30.1 Å². The summed E-state index contributed by atoms with van der Waals surface area (Å²) in [5.74, 6) is 0.779. The average molecular weight is 487 g/mol. The highest BCUT2D eigenvalue weighted by atomic mass is 16.5. The van der Waals surface area contributed by atoms with Crippen LogP contribution >= 0.6 is 0 Å². The number of fused-ring (bicyclic) bond motifs is 1. The third-order valence-electron chi connectivity index (χ3n) is 6.89. The molecule has 2 atom stereocenters. The van der Waals surface area contributed by atoms with Gasteiger partial charge in [0, 0.05) is 24.3 Å². The minimum atomic E-state index is -0.550. The van der Waals surface area contributed by atoms with Crippen LogP contribution in [0.3, 0.4) is 0 Å². The van der Waals surface area contributed by atoms with E-state index in [9.17, 15) is 9.59 Å². The number of likely N-dealkylation sites (N-methyl/N-ethyl adjacent to an activating group) is 1. The van der Waals surface area contributed by atoms with Gasteiger partial charge in [-0.1, -0.05) is 43.7 Å². The lowest BCUT2D eigenvalue weighted by molar-refractivity contribution is -0.133. The van der Waals surface area contributed by atoms with Crippen molar-refractivity contribution in [2.45, 2.75) is 38.6 Å². The van der Waals surface area contributed by atoms with Gasteiger partial charge >= 0.3 is 0 Å². The Morgan fingerprint density at radius 2 is 1.50 bits per heavy atom. The van der Waals surface area contributed by atoms with Gasteiger partial charge < -0.3 is 14.4 Å². The van der Waals surface area contributed by atoms with Crippen molar-refractivity contribution in [3.8, 4) is 11.5 Å². The Morgan fingerprint density at radius 1 is 0.889 bits per heavy atom. The lowest BCUT2D eigenvalue weighted by Gasteiger charge is -2.43. The summed E-state index contributed by atoms with van der Waals surface area (Å²) < 4.78 is 10.7. The van der Waals surface area contributed by atoms with Gasteiger partial charge in [0.15, 0.2) is 0 Å². The molecule has 36 heavy (non-hydrogen) atoms. The predicted molar refractivity (Wildman–Crippen MR) is 142 cm³/mol. The lowest BCUT2D eigenvalue weighted by Crippen LogP contribution is -2.48. The summed E-state index contributed by atoms with van der Waals surface area (Å²) in [6.07, 6.45) is 1.94. The number of hydrogen-bond acceptors (Lipinski definition) is 4. The predicted octanol–water partition coefficient (Wildman–Crippen LogP) is 5.84. The molecule has 0 spiro atoms. The van der Waals surface area contributed by atoms with Crippen molar-refractivity contribution < 1.29 is 19.1 Å². The van der Waals surface area contributed by atoms with E-state index in [0.717, 1.165) is 29.7 Å². The van der Waals surface area contributed by atoms with Crippen LogP contribution in [-0.4, -0.2) is 44.0 Å². The Labute approximate surface area is 213 Å². The van der Waals surface area contributed by atoms with Crippen LogP contribution in [0.4, 0.5) is 5.69 Å². The molecule has 0 saturated heterocycles. The van der Waals surface area contributed by atoms with Crippen LogP contribution in [0, 0.1) is 0 Å². The van der Waals surface area contributed by atoms with Gasteiger partial charge in [-0.3, -0.25) is 14.5 Å². The summed E-state index contributed by atoms with van der Waals surface area (Å²) in [7, 11) is 3.24. The molecule has 188 valence electrons. The third kappa shape index (κ3) is 4.81. The van der Waals surface area contributed by atoms with Crippen LogP contribution < -0.4 is 14.4 Å². The standard InChI is InChI=1S/C30H34N2O4/c1-5-7-20-31(6-2)30(34)27-25-10-8-9-11-26(25)29(33)32(22-14-18-24(36-4)19-15-22)28(27)21-12-16-23(35-3)17-13-21/h8-19,27-28H,5-7,20H2,1-4H3/t27-,28-/m0/s1. The summed E-state index contributed by atoms with van der Waals surface area (Å²) in [6.45, 7) is 5.44. The Hall–Kier alpha value is -3.80. The zero-order chi connectivity index (χ0) is 25.7. The van der Waals surface area contributed by atoms with E-state index in [2.05, 4.69) is 6.92 Å². The molecule has 0 N–H and O–H groups in total. The maximum absolute atomic E-state index is 14.2. The first-order valence-corrected chi connectivity index (χ1v) is 12.5. The molecule has 2 amide bonds. The molecule has 0 aromatic heterocycles. The van der Waals surface area contributed by atoms with Gasteiger partial charge in [-0.2, -0.15) is 0 Å². The normalized spacial score (nSPS) is 16.9. The van der Waals surface area contributed by atoms with Crippen LogP contribution in [0.15, 0.2) is 72.8 Å². The van der Waals surface area contributed by atoms with Crippen LogP contribution in [0.1, 0.15) is 60.1 Å². The van der Waals surface area contributed by atoms with E-state index in [-0.39, 0.29) is 11.8 Å². The van der Waals surface area contributed by atoms with Crippen LogP contribution in [0.2, 0.25) is 0 Å². The molecule has 4 rings (SSSR count). The number of carbonyl (C=O) groups excluding carboxylic acids is 2. The zero-order valence-corrected chi connectivity index (χ0v) is 21.4. The number of carbonyl (C=O) groups is 2. The molecule has 0 unspecified atom stereocenters. The molecule has 6 nitrogen and oxygen atoms in total. The molecule has 3 aromatic rings. The number of benzene rings is 3. The maximum Gasteiger partial charge on any atom is 0.259 e. The second kappa shape index (κ2) is 11.3. The third-order valence-corrected chi connectivity index (χ3v) is 6.89. The zero-order valence-electron chi connectivity index (χ0n) is 21.4. The second-order valence-corrected chi connectivity index (χ2v) is 8.93. The van der Waals surface area contributed by atoms with E-state index in [1.807, 2.05) is 84.6 Å². The van der Waals surface area contributed by atoms with E-state index in [4.69, 9.17) is 9.47 Å². The van der Waals surface area contributed by atoms with Crippen molar-refractivity contribution in [2.75, 3.05) is 32.2 Å². The fourth-order valence-electron chi connectivity index (χ4n) is 4.94. The topological polar surface area (TPSA) is 59.1 Å². The van der Waals surface area contributed by atoms with E-state index in [1.54, 1.807) is 19.1 Å². The summed E-state index contributed by atoms with van der Waals surface area (Å²) in [4.78, 5) is 31.9. The van der Waals surface area contributed by atoms with E-state index >= 15 is 0 Å². The molecule has 1 heterocycles. The highest BCUT2D eigenvalue weighted by molar-refractivity contribution is 6.11. The van der Waals surface area contributed by atoms with Crippen molar-refractivity contribution in [3.05, 3.63) is 89.5 Å². The van der Waals surface area contributed by atoms with Crippen molar-refractivity contribution in [1.29, 1.82) is 0 Å². The Kier molecular flexibility index (Phi) is 7.93. The molecular weight excluding hydrogens is 452 g/mol. The fraction of sp³-hybridized carbons (Fsp3) is 0.333. The Morgan fingerprint density at radius 3 is 2.08 bits per heavy atom. The smallest absolute Gasteiger partial charge is 0.259 e. The molecule has 0 fully saturated rings. The lowest BCUT2D eigenvalue weighted by atomic mass is 9.78. The second-order valence-electron chi connectivity index (χ2n) is 8.93. The minimum Gasteiger partial charge on any atom is -0.497 e. The number of anilines is 1. The monoisotopic (exact) mass is 486 g/mol. The molecular formula is C30H34N2O4. The number of amides is 2. The number of hydrogen-bond donors (Lipinski definition) is 0. The highest BCUT2D eigenvalue weighted by Gasteiger charge is 2.45. The Balaban J connectivity index is 1.92. The average Bonchev–Trinajstić information content (AvgIpc) is 2.93. The maximum atomic E-state index is 14.2. The molecule has 6 heteroatoms. The molecule has 0 aliphatic carbocycles. The van der Waals surface area contributed by atoms with Gasteiger partial charge in [-0.15, -0.1) is 0 Å².